The van der Waals surface area contributed by atoms with Crippen molar-refractivity contribution in [3.63, 3.8) is 0 Å². The summed E-state index contributed by atoms with van der Waals surface area (Å²) in [7, 11) is 0. The van der Waals surface area contributed by atoms with E-state index in [-0.39, 0.29) is 44.9 Å². The lowest BCUT2D eigenvalue weighted by Crippen LogP contribution is -2.43. The first-order valence-corrected chi connectivity index (χ1v) is 8.83. The third kappa shape index (κ3) is 4.28. The summed E-state index contributed by atoms with van der Waals surface area (Å²) in [5.41, 5.74) is -1.19. The number of nitrogens with one attached hydrogen (secondary N) is 1. The standard InChI is InChI=1S/C18H22F3N3O3/c1-12(25)22-9-14-10-24(17(26)27-14)13-2-3-16(15(20)8-13)23-6-4-18(21,11-19)5-7-23/h2-3,8,14H,4-7,9-11H2,1H3,(H,22,25)/t14-/m0/s1. The molecule has 1 N–H and O–H groups in total. The number of rotatable bonds is 5. The summed E-state index contributed by atoms with van der Waals surface area (Å²) in [5.74, 6) is -0.774. The van der Waals surface area contributed by atoms with Crippen LogP contribution in [-0.2, 0) is 9.53 Å². The van der Waals surface area contributed by atoms with Crippen molar-refractivity contribution < 1.29 is 27.5 Å². The molecule has 1 atom stereocenters. The Balaban J connectivity index is 1.67. The molecule has 9 heteroatoms. The number of amides is 2. The number of cyclic esters (lactones) is 1. The Morgan fingerprint density at radius 3 is 2.67 bits per heavy atom. The van der Waals surface area contributed by atoms with Crippen LogP contribution < -0.4 is 15.1 Å². The minimum Gasteiger partial charge on any atom is -0.442 e. The van der Waals surface area contributed by atoms with Gasteiger partial charge in [-0.25, -0.2) is 18.0 Å². The third-order valence-electron chi connectivity index (χ3n) is 4.94. The van der Waals surface area contributed by atoms with Crippen molar-refractivity contribution in [1.82, 2.24) is 5.32 Å². The number of benzene rings is 1. The topological polar surface area (TPSA) is 61.9 Å². The van der Waals surface area contributed by atoms with Gasteiger partial charge in [-0.2, -0.15) is 0 Å². The molecule has 2 heterocycles. The van der Waals surface area contributed by atoms with Gasteiger partial charge in [-0.05, 0) is 18.2 Å². The van der Waals surface area contributed by atoms with Crippen molar-refractivity contribution in [2.75, 3.05) is 42.7 Å². The minimum atomic E-state index is -1.82. The normalized spacial score (nSPS) is 21.9. The van der Waals surface area contributed by atoms with Crippen LogP contribution in [0.4, 0.5) is 29.3 Å². The van der Waals surface area contributed by atoms with Gasteiger partial charge in [0, 0.05) is 32.9 Å². The van der Waals surface area contributed by atoms with Crippen LogP contribution in [0.1, 0.15) is 19.8 Å². The maximum atomic E-state index is 14.6. The molecule has 2 fully saturated rings. The van der Waals surface area contributed by atoms with E-state index < -0.39 is 30.4 Å². The van der Waals surface area contributed by atoms with E-state index in [2.05, 4.69) is 5.32 Å². The third-order valence-corrected chi connectivity index (χ3v) is 4.94. The van der Waals surface area contributed by atoms with Gasteiger partial charge < -0.3 is 15.0 Å². The smallest absolute Gasteiger partial charge is 0.414 e. The summed E-state index contributed by atoms with van der Waals surface area (Å²) in [6.45, 7) is 1.17. The average Bonchev–Trinajstić information content (AvgIpc) is 3.02. The van der Waals surface area contributed by atoms with Gasteiger partial charge in [-0.15, -0.1) is 0 Å². The van der Waals surface area contributed by atoms with E-state index in [1.54, 1.807) is 11.0 Å². The van der Waals surface area contributed by atoms with E-state index in [1.807, 2.05) is 0 Å². The van der Waals surface area contributed by atoms with Gasteiger partial charge in [-0.3, -0.25) is 9.69 Å². The summed E-state index contributed by atoms with van der Waals surface area (Å²) >= 11 is 0. The molecule has 1 aromatic rings. The molecule has 0 unspecified atom stereocenters. The quantitative estimate of drug-likeness (QED) is 0.846. The summed E-state index contributed by atoms with van der Waals surface area (Å²) in [6.07, 6.45) is -1.10. The molecule has 2 aliphatic rings. The molecule has 3 rings (SSSR count). The number of nitrogens with zero attached hydrogens (tertiary/aromatic N) is 2. The fourth-order valence-electron chi connectivity index (χ4n) is 3.30. The minimum absolute atomic E-state index is 0.00791. The van der Waals surface area contributed by atoms with Gasteiger partial charge in [0.05, 0.1) is 24.5 Å². The zero-order valence-corrected chi connectivity index (χ0v) is 15.0. The second-order valence-corrected chi connectivity index (χ2v) is 6.96. The average molecular weight is 385 g/mol. The van der Waals surface area contributed by atoms with Gasteiger partial charge in [-0.1, -0.05) is 0 Å². The molecule has 0 aliphatic carbocycles. The Morgan fingerprint density at radius 2 is 2.07 bits per heavy atom. The van der Waals surface area contributed by atoms with Crippen LogP contribution >= 0.6 is 0 Å². The highest BCUT2D eigenvalue weighted by Gasteiger charge is 2.36. The number of hydrogen-bond donors (Lipinski definition) is 1. The molecule has 6 nitrogen and oxygen atoms in total. The predicted octanol–water partition coefficient (Wildman–Crippen LogP) is 2.57. The van der Waals surface area contributed by atoms with Crippen LogP contribution in [-0.4, -0.2) is 56.6 Å². The Bertz CT molecular complexity index is 723. The van der Waals surface area contributed by atoms with Crippen LogP contribution in [0.2, 0.25) is 0 Å². The number of carbonyl (C=O) groups is 2. The SMILES string of the molecule is CC(=O)NC[C@H]1CN(c2ccc(N3CCC(F)(CF)CC3)c(F)c2)C(=O)O1. The Labute approximate surface area is 155 Å². The molecular formula is C18H22F3N3O3. The molecular weight excluding hydrogens is 363 g/mol. The van der Waals surface area contributed by atoms with Crippen molar-refractivity contribution in [2.45, 2.75) is 31.5 Å². The largest absolute Gasteiger partial charge is 0.442 e. The van der Waals surface area contributed by atoms with E-state index >= 15 is 0 Å². The zero-order valence-electron chi connectivity index (χ0n) is 15.0. The highest BCUT2D eigenvalue weighted by atomic mass is 19.2. The van der Waals surface area contributed by atoms with Crippen molar-refractivity contribution in [3.05, 3.63) is 24.0 Å². The monoisotopic (exact) mass is 385 g/mol. The van der Waals surface area contributed by atoms with Gasteiger partial charge in [0.15, 0.2) is 0 Å². The number of piperidine rings is 1. The fraction of sp³-hybridized carbons (Fsp3) is 0.556. The van der Waals surface area contributed by atoms with E-state index in [0.29, 0.717) is 11.4 Å². The van der Waals surface area contributed by atoms with Crippen LogP contribution in [0.25, 0.3) is 0 Å². The first kappa shape index (κ1) is 19.3. The summed E-state index contributed by atoms with van der Waals surface area (Å²) in [4.78, 5) is 25.9. The number of alkyl halides is 2. The number of hydrogen-bond acceptors (Lipinski definition) is 4. The first-order valence-electron chi connectivity index (χ1n) is 8.83. The van der Waals surface area contributed by atoms with Crippen LogP contribution in [0.3, 0.4) is 0 Å². The van der Waals surface area contributed by atoms with Crippen molar-refractivity contribution >= 4 is 23.4 Å². The predicted molar refractivity (Wildman–Crippen MR) is 94.0 cm³/mol. The number of carbonyl (C=O) groups excluding carboxylic acids is 2. The van der Waals surface area contributed by atoms with Crippen molar-refractivity contribution in [3.8, 4) is 0 Å². The Kier molecular flexibility index (Phi) is 5.48. The number of ether oxygens (including phenoxy) is 1. The molecule has 0 spiro atoms. The summed E-state index contributed by atoms with van der Waals surface area (Å²) in [6, 6.07) is 4.34. The maximum Gasteiger partial charge on any atom is 0.414 e. The lowest BCUT2D eigenvalue weighted by Gasteiger charge is -2.36. The molecule has 2 amide bonds. The summed E-state index contributed by atoms with van der Waals surface area (Å²) in [5, 5.41) is 2.57. The zero-order chi connectivity index (χ0) is 19.6. The molecule has 0 radical (unpaired) electrons. The molecule has 0 bridgehead atoms. The molecule has 0 aromatic heterocycles. The number of anilines is 2. The lowest BCUT2D eigenvalue weighted by atomic mass is 9.94. The lowest BCUT2D eigenvalue weighted by molar-refractivity contribution is -0.119. The summed E-state index contributed by atoms with van der Waals surface area (Å²) < 4.78 is 46.5. The fourth-order valence-corrected chi connectivity index (χ4v) is 3.30. The second-order valence-electron chi connectivity index (χ2n) is 6.96. The van der Waals surface area contributed by atoms with Gasteiger partial charge in [0.2, 0.25) is 5.91 Å². The molecule has 2 aliphatic heterocycles. The molecule has 148 valence electrons. The maximum absolute atomic E-state index is 14.6. The van der Waals surface area contributed by atoms with E-state index in [1.165, 1.54) is 24.0 Å². The van der Waals surface area contributed by atoms with Crippen molar-refractivity contribution in [2.24, 2.45) is 0 Å². The molecule has 0 saturated carbocycles. The highest BCUT2D eigenvalue weighted by molar-refractivity contribution is 5.90. The van der Waals surface area contributed by atoms with Crippen LogP contribution in [0.5, 0.6) is 0 Å². The van der Waals surface area contributed by atoms with E-state index in [0.717, 1.165) is 0 Å². The molecule has 2 saturated heterocycles. The Morgan fingerprint density at radius 1 is 1.37 bits per heavy atom. The van der Waals surface area contributed by atoms with Gasteiger partial charge in [0.1, 0.15) is 24.3 Å². The number of halogens is 3. The van der Waals surface area contributed by atoms with E-state index in [4.69, 9.17) is 4.74 Å². The van der Waals surface area contributed by atoms with Gasteiger partial charge in [0.25, 0.3) is 0 Å². The van der Waals surface area contributed by atoms with Crippen molar-refractivity contribution in [1.29, 1.82) is 0 Å². The Hall–Kier alpha value is -2.45. The van der Waals surface area contributed by atoms with E-state index in [9.17, 15) is 22.8 Å². The van der Waals surface area contributed by atoms with Gasteiger partial charge >= 0.3 is 6.09 Å². The molecule has 27 heavy (non-hydrogen) atoms. The van der Waals surface area contributed by atoms with Crippen LogP contribution in [0, 0.1) is 5.82 Å². The first-order chi connectivity index (χ1) is 12.8. The molecule has 1 aromatic carbocycles. The van der Waals surface area contributed by atoms with Crippen LogP contribution in [0.15, 0.2) is 18.2 Å². The second kappa shape index (κ2) is 7.66. The highest BCUT2D eigenvalue weighted by Crippen LogP contribution is 2.33.